The summed E-state index contributed by atoms with van der Waals surface area (Å²) >= 11 is 0. The molecule has 3 rings (SSSR count). The lowest BCUT2D eigenvalue weighted by molar-refractivity contribution is -0.145. The van der Waals surface area contributed by atoms with Gasteiger partial charge in [0.1, 0.15) is 6.10 Å². The van der Waals surface area contributed by atoms with Gasteiger partial charge in [0, 0.05) is 24.2 Å². The molecule has 3 fully saturated rings. The van der Waals surface area contributed by atoms with Crippen LogP contribution in [0.4, 0.5) is 0 Å². The normalized spacial score (nSPS) is 52.5. The highest BCUT2D eigenvalue weighted by Gasteiger charge is 2.76. The molecule has 5 nitrogen and oxygen atoms in total. The SMILES string of the molecule is C=C1[C@@H](OC(C)=O)C[C@@H]2[C@H](O)[C@]3(C)C[C@@H](O)C(C)(C)[C@@H]3[C@@]12O. The molecule has 0 amide bonds. The zero-order valence-electron chi connectivity index (χ0n) is 13.7. The van der Waals surface area contributed by atoms with E-state index in [2.05, 4.69) is 6.58 Å². The highest BCUT2D eigenvalue weighted by Crippen LogP contribution is 2.71. The molecule has 0 heterocycles. The summed E-state index contributed by atoms with van der Waals surface area (Å²) in [5.74, 6) is -1.15. The van der Waals surface area contributed by atoms with Crippen molar-refractivity contribution < 1.29 is 24.9 Å². The van der Waals surface area contributed by atoms with Crippen LogP contribution in [0.2, 0.25) is 0 Å². The number of hydrogen-bond acceptors (Lipinski definition) is 5. The third-order valence-corrected chi connectivity index (χ3v) is 6.64. The molecule has 0 bridgehead atoms. The average molecular weight is 310 g/mol. The summed E-state index contributed by atoms with van der Waals surface area (Å²) in [7, 11) is 0. The van der Waals surface area contributed by atoms with Gasteiger partial charge in [0.15, 0.2) is 0 Å². The summed E-state index contributed by atoms with van der Waals surface area (Å²) in [4.78, 5) is 11.3. The zero-order chi connectivity index (χ0) is 16.7. The molecule has 0 aromatic rings. The van der Waals surface area contributed by atoms with Gasteiger partial charge in [-0.1, -0.05) is 27.4 Å². The Hall–Kier alpha value is -0.910. The van der Waals surface area contributed by atoms with Crippen LogP contribution in [-0.4, -0.2) is 45.2 Å². The molecule has 3 N–H and O–H groups in total. The van der Waals surface area contributed by atoms with Crippen molar-refractivity contribution in [3.63, 3.8) is 0 Å². The Bertz CT molecular complexity index is 541. The van der Waals surface area contributed by atoms with Crippen LogP contribution in [0.15, 0.2) is 12.2 Å². The molecule has 3 saturated carbocycles. The molecule has 0 saturated heterocycles. The third kappa shape index (κ3) is 1.62. The molecule has 3 aliphatic rings. The fraction of sp³-hybridized carbons (Fsp3) is 0.824. The lowest BCUT2D eigenvalue weighted by Crippen LogP contribution is -2.48. The first kappa shape index (κ1) is 16.0. The van der Waals surface area contributed by atoms with Crippen LogP contribution in [0, 0.1) is 22.7 Å². The molecule has 0 unspecified atom stereocenters. The van der Waals surface area contributed by atoms with E-state index in [4.69, 9.17) is 4.74 Å². The Kier molecular flexibility index (Phi) is 3.15. The van der Waals surface area contributed by atoms with Gasteiger partial charge in [-0.15, -0.1) is 0 Å². The quantitative estimate of drug-likeness (QED) is 0.497. The Morgan fingerprint density at radius 1 is 1.32 bits per heavy atom. The maximum absolute atomic E-state index is 11.5. The summed E-state index contributed by atoms with van der Waals surface area (Å²) in [6.45, 7) is 11.1. The van der Waals surface area contributed by atoms with Crippen LogP contribution in [0.5, 0.6) is 0 Å². The Morgan fingerprint density at radius 3 is 2.45 bits per heavy atom. The first-order valence-corrected chi connectivity index (χ1v) is 7.92. The van der Waals surface area contributed by atoms with E-state index in [1.165, 1.54) is 6.92 Å². The molecule has 5 heteroatoms. The number of hydrogen-bond donors (Lipinski definition) is 3. The number of aliphatic hydroxyl groups is 3. The lowest BCUT2D eigenvalue weighted by atomic mass is 9.65. The van der Waals surface area contributed by atoms with Gasteiger partial charge in [-0.2, -0.15) is 0 Å². The van der Waals surface area contributed by atoms with Crippen molar-refractivity contribution in [1.82, 2.24) is 0 Å². The lowest BCUT2D eigenvalue weighted by Gasteiger charge is -2.42. The van der Waals surface area contributed by atoms with E-state index in [1.54, 1.807) is 0 Å². The first-order chi connectivity index (χ1) is 9.97. The number of ether oxygens (including phenoxy) is 1. The summed E-state index contributed by atoms with van der Waals surface area (Å²) in [6, 6.07) is 0. The van der Waals surface area contributed by atoms with Crippen molar-refractivity contribution >= 4 is 5.97 Å². The van der Waals surface area contributed by atoms with E-state index in [9.17, 15) is 20.1 Å². The fourth-order valence-corrected chi connectivity index (χ4v) is 5.80. The minimum Gasteiger partial charge on any atom is -0.458 e. The van der Waals surface area contributed by atoms with Gasteiger partial charge < -0.3 is 20.1 Å². The van der Waals surface area contributed by atoms with Gasteiger partial charge in [0.05, 0.1) is 17.8 Å². The summed E-state index contributed by atoms with van der Waals surface area (Å²) < 4.78 is 5.28. The molecule has 7 atom stereocenters. The molecule has 0 aliphatic heterocycles. The van der Waals surface area contributed by atoms with Gasteiger partial charge in [-0.25, -0.2) is 0 Å². The van der Waals surface area contributed by atoms with E-state index >= 15 is 0 Å². The third-order valence-electron chi connectivity index (χ3n) is 6.64. The second-order valence-corrected chi connectivity index (χ2v) is 8.22. The first-order valence-electron chi connectivity index (χ1n) is 7.92. The largest absolute Gasteiger partial charge is 0.458 e. The van der Waals surface area contributed by atoms with Crippen LogP contribution in [0.1, 0.15) is 40.5 Å². The minimum absolute atomic E-state index is 0.324. The average Bonchev–Trinajstić information content (AvgIpc) is 2.79. The van der Waals surface area contributed by atoms with Gasteiger partial charge in [-0.05, 0) is 23.8 Å². The van der Waals surface area contributed by atoms with E-state index in [1.807, 2.05) is 20.8 Å². The van der Waals surface area contributed by atoms with Crippen LogP contribution in [-0.2, 0) is 9.53 Å². The van der Waals surface area contributed by atoms with Gasteiger partial charge >= 0.3 is 5.97 Å². The van der Waals surface area contributed by atoms with Crippen molar-refractivity contribution in [3.05, 3.63) is 12.2 Å². The second kappa shape index (κ2) is 4.34. The molecule has 0 spiro atoms. The minimum atomic E-state index is -1.31. The van der Waals surface area contributed by atoms with E-state index in [0.717, 1.165) is 0 Å². The van der Waals surface area contributed by atoms with Gasteiger partial charge in [0.2, 0.25) is 0 Å². The smallest absolute Gasteiger partial charge is 0.303 e. The van der Waals surface area contributed by atoms with E-state index < -0.39 is 46.6 Å². The second-order valence-electron chi connectivity index (χ2n) is 8.22. The van der Waals surface area contributed by atoms with Crippen molar-refractivity contribution in [2.75, 3.05) is 0 Å². The highest BCUT2D eigenvalue weighted by atomic mass is 16.5. The number of carbonyl (C=O) groups excluding carboxylic acids is 1. The maximum atomic E-state index is 11.5. The predicted molar refractivity (Wildman–Crippen MR) is 79.8 cm³/mol. The van der Waals surface area contributed by atoms with Crippen LogP contribution in [0.25, 0.3) is 0 Å². The Balaban J connectivity index is 2.06. The summed E-state index contributed by atoms with van der Waals surface area (Å²) in [6.07, 6.45) is -1.08. The summed E-state index contributed by atoms with van der Waals surface area (Å²) in [5.41, 5.74) is -1.96. The Labute approximate surface area is 131 Å². The highest BCUT2D eigenvalue weighted by molar-refractivity contribution is 5.66. The van der Waals surface area contributed by atoms with Crippen molar-refractivity contribution in [1.29, 1.82) is 0 Å². The predicted octanol–water partition coefficient (Wildman–Crippen LogP) is 1.01. The number of aliphatic hydroxyl groups excluding tert-OH is 2. The van der Waals surface area contributed by atoms with Gasteiger partial charge in [-0.3, -0.25) is 4.79 Å². The monoisotopic (exact) mass is 310 g/mol. The van der Waals surface area contributed by atoms with Gasteiger partial charge in [0.25, 0.3) is 0 Å². The molecule has 0 radical (unpaired) electrons. The van der Waals surface area contributed by atoms with Crippen LogP contribution < -0.4 is 0 Å². The molecular formula is C17H26O5. The zero-order valence-corrected chi connectivity index (χ0v) is 13.7. The van der Waals surface area contributed by atoms with E-state index in [-0.39, 0.29) is 5.92 Å². The topological polar surface area (TPSA) is 87.0 Å². The van der Waals surface area contributed by atoms with Crippen LogP contribution >= 0.6 is 0 Å². The standard InChI is InChI=1S/C17H26O5/c1-8-11(22-9(2)18)6-10-13(20)16(5)7-12(19)15(3,4)14(16)17(8,10)21/h10-14,19-21H,1,6-7H2,2-5H3/t10-,11+,12-,13+,14+,16+,17-/m1/s1. The number of esters is 1. The molecule has 3 aliphatic carbocycles. The summed E-state index contributed by atoms with van der Waals surface area (Å²) in [5, 5.41) is 32.8. The van der Waals surface area contributed by atoms with Crippen molar-refractivity contribution in [2.45, 2.75) is 64.4 Å². The maximum Gasteiger partial charge on any atom is 0.303 e. The molecule has 0 aromatic heterocycles. The molecule has 0 aromatic carbocycles. The molecular weight excluding hydrogens is 284 g/mol. The van der Waals surface area contributed by atoms with Crippen LogP contribution in [0.3, 0.4) is 0 Å². The number of fused-ring (bicyclic) bond motifs is 3. The van der Waals surface area contributed by atoms with E-state index in [0.29, 0.717) is 18.4 Å². The van der Waals surface area contributed by atoms with Crippen molar-refractivity contribution in [2.24, 2.45) is 22.7 Å². The number of carbonyl (C=O) groups is 1. The Morgan fingerprint density at radius 2 is 1.91 bits per heavy atom. The fourth-order valence-electron chi connectivity index (χ4n) is 5.80. The number of rotatable bonds is 1. The van der Waals surface area contributed by atoms with Crippen molar-refractivity contribution in [3.8, 4) is 0 Å². The molecule has 124 valence electrons. The molecule has 22 heavy (non-hydrogen) atoms.